The maximum atomic E-state index is 14.7. The first-order chi connectivity index (χ1) is 12.5. The van der Waals surface area contributed by atoms with Crippen LogP contribution in [0.25, 0.3) is 22.3 Å². The van der Waals surface area contributed by atoms with Gasteiger partial charge in [-0.05, 0) is 25.0 Å². The summed E-state index contributed by atoms with van der Waals surface area (Å²) in [6.07, 6.45) is 3.43. The summed E-state index contributed by atoms with van der Waals surface area (Å²) in [7, 11) is 0. The number of ether oxygens (including phenoxy) is 1. The van der Waals surface area contributed by atoms with Gasteiger partial charge >= 0.3 is 0 Å². The second kappa shape index (κ2) is 7.09. The molecule has 3 aromatic rings. The molecule has 0 aliphatic carbocycles. The Morgan fingerprint density at radius 3 is 2.65 bits per heavy atom. The number of halogens is 1. The molecule has 0 saturated heterocycles. The molecule has 26 heavy (non-hydrogen) atoms. The van der Waals surface area contributed by atoms with Gasteiger partial charge < -0.3 is 14.9 Å². The summed E-state index contributed by atoms with van der Waals surface area (Å²) >= 11 is 0. The standard InChI is InChI=1S/C18H18FN3O4/c1-3-8-22-17-14(20-6-7-21-17)15(24)13(18(22)25)12-11(19)5-4-10(2)16(12)26-9-23/h4-7,23-24H,3,8-9H2,1-2H3. The van der Waals surface area contributed by atoms with E-state index in [1.54, 1.807) is 6.92 Å². The minimum Gasteiger partial charge on any atom is -0.505 e. The Hall–Kier alpha value is -3.00. The molecule has 136 valence electrons. The van der Waals surface area contributed by atoms with Gasteiger partial charge in [-0.1, -0.05) is 13.0 Å². The number of aliphatic hydroxyl groups excluding tert-OH is 1. The van der Waals surface area contributed by atoms with Crippen LogP contribution in [0.5, 0.6) is 11.5 Å². The van der Waals surface area contributed by atoms with Gasteiger partial charge in [0.1, 0.15) is 17.1 Å². The number of aromatic hydroxyl groups is 1. The molecule has 0 atom stereocenters. The minimum absolute atomic E-state index is 0.00816. The summed E-state index contributed by atoms with van der Waals surface area (Å²) in [4.78, 5) is 21.3. The molecule has 0 fully saturated rings. The van der Waals surface area contributed by atoms with Crippen molar-refractivity contribution in [2.24, 2.45) is 0 Å². The van der Waals surface area contributed by atoms with E-state index >= 15 is 0 Å². The maximum Gasteiger partial charge on any atom is 0.264 e. The molecule has 3 rings (SSSR count). The van der Waals surface area contributed by atoms with E-state index in [1.165, 1.54) is 29.1 Å². The van der Waals surface area contributed by atoms with Gasteiger partial charge in [-0.25, -0.2) is 14.4 Å². The number of benzene rings is 1. The Labute approximate surface area is 148 Å². The van der Waals surface area contributed by atoms with Gasteiger partial charge in [-0.15, -0.1) is 0 Å². The van der Waals surface area contributed by atoms with E-state index in [0.29, 0.717) is 18.5 Å². The summed E-state index contributed by atoms with van der Waals surface area (Å²) in [5.74, 6) is -1.23. The van der Waals surface area contributed by atoms with Crippen molar-refractivity contribution >= 4 is 11.2 Å². The SMILES string of the molecule is CCCn1c(=O)c(-c2c(F)ccc(C)c2OCO)c(O)c2nccnc21. The Morgan fingerprint density at radius 2 is 1.96 bits per heavy atom. The average molecular weight is 359 g/mol. The number of rotatable bonds is 5. The van der Waals surface area contributed by atoms with E-state index in [4.69, 9.17) is 9.84 Å². The number of hydrogen-bond donors (Lipinski definition) is 2. The van der Waals surface area contributed by atoms with Crippen molar-refractivity contribution in [1.82, 2.24) is 14.5 Å². The van der Waals surface area contributed by atoms with Gasteiger partial charge in [0.2, 0.25) is 0 Å². The fourth-order valence-electron chi connectivity index (χ4n) is 2.95. The van der Waals surface area contributed by atoms with Crippen molar-refractivity contribution in [3.05, 3.63) is 46.3 Å². The minimum atomic E-state index is -0.752. The predicted octanol–water partition coefficient (Wildman–Crippen LogP) is 2.35. The van der Waals surface area contributed by atoms with E-state index in [-0.39, 0.29) is 28.0 Å². The van der Waals surface area contributed by atoms with Crippen LogP contribution >= 0.6 is 0 Å². The number of fused-ring (bicyclic) bond motifs is 1. The first-order valence-electron chi connectivity index (χ1n) is 8.10. The number of aliphatic hydroxyl groups is 1. The molecule has 0 amide bonds. The quantitative estimate of drug-likeness (QED) is 0.679. The Kier molecular flexibility index (Phi) is 4.85. The largest absolute Gasteiger partial charge is 0.505 e. The highest BCUT2D eigenvalue weighted by atomic mass is 19.1. The highest BCUT2D eigenvalue weighted by Crippen LogP contribution is 2.40. The third-order valence-electron chi connectivity index (χ3n) is 4.06. The van der Waals surface area contributed by atoms with Crippen LogP contribution in [0.15, 0.2) is 29.3 Å². The van der Waals surface area contributed by atoms with Gasteiger partial charge in [0.25, 0.3) is 5.56 Å². The third kappa shape index (κ3) is 2.78. The molecule has 8 heteroatoms. The lowest BCUT2D eigenvalue weighted by Gasteiger charge is -2.17. The van der Waals surface area contributed by atoms with Gasteiger partial charge in [0.15, 0.2) is 18.2 Å². The van der Waals surface area contributed by atoms with Gasteiger partial charge in [0, 0.05) is 18.9 Å². The van der Waals surface area contributed by atoms with Crippen LogP contribution in [0.3, 0.4) is 0 Å². The predicted molar refractivity (Wildman–Crippen MR) is 93.6 cm³/mol. The number of aromatic nitrogens is 3. The zero-order chi connectivity index (χ0) is 18.8. The van der Waals surface area contributed by atoms with Crippen LogP contribution in [0.4, 0.5) is 4.39 Å². The van der Waals surface area contributed by atoms with Crippen molar-refractivity contribution in [2.75, 3.05) is 6.79 Å². The first kappa shape index (κ1) is 17.8. The summed E-state index contributed by atoms with van der Waals surface area (Å²) in [5.41, 5.74) is -0.264. The zero-order valence-electron chi connectivity index (χ0n) is 14.4. The molecule has 1 aromatic carbocycles. The second-order valence-electron chi connectivity index (χ2n) is 5.75. The molecular formula is C18H18FN3O4. The number of pyridine rings is 1. The van der Waals surface area contributed by atoms with Crippen molar-refractivity contribution in [3.63, 3.8) is 0 Å². The normalized spacial score (nSPS) is 11.1. The summed E-state index contributed by atoms with van der Waals surface area (Å²) in [6.45, 7) is 3.16. The monoisotopic (exact) mass is 359 g/mol. The maximum absolute atomic E-state index is 14.7. The van der Waals surface area contributed by atoms with Gasteiger partial charge in [-0.3, -0.25) is 9.36 Å². The molecule has 2 heterocycles. The Bertz CT molecular complexity index is 1030. The molecule has 0 unspecified atom stereocenters. The zero-order valence-corrected chi connectivity index (χ0v) is 14.4. The van der Waals surface area contributed by atoms with Crippen LogP contribution in [-0.2, 0) is 6.54 Å². The smallest absolute Gasteiger partial charge is 0.264 e. The molecule has 2 N–H and O–H groups in total. The van der Waals surface area contributed by atoms with Gasteiger partial charge in [0.05, 0.1) is 11.1 Å². The average Bonchev–Trinajstić information content (AvgIpc) is 2.64. The van der Waals surface area contributed by atoms with Crippen molar-refractivity contribution in [1.29, 1.82) is 0 Å². The Balaban J connectivity index is 2.48. The summed E-state index contributed by atoms with van der Waals surface area (Å²) < 4.78 is 21.2. The molecule has 0 spiro atoms. The van der Waals surface area contributed by atoms with Crippen LogP contribution in [0, 0.1) is 12.7 Å². The number of hydrogen-bond acceptors (Lipinski definition) is 6. The molecule has 0 bridgehead atoms. The fraction of sp³-hybridized carbons (Fsp3) is 0.278. The lowest BCUT2D eigenvalue weighted by Crippen LogP contribution is -2.24. The summed E-state index contributed by atoms with van der Waals surface area (Å²) in [6, 6.07) is 2.64. The lowest BCUT2D eigenvalue weighted by molar-refractivity contribution is 0.0981. The van der Waals surface area contributed by atoms with Crippen LogP contribution in [0.1, 0.15) is 18.9 Å². The lowest BCUT2D eigenvalue weighted by atomic mass is 10.0. The van der Waals surface area contributed by atoms with Crippen LogP contribution in [-0.4, -0.2) is 31.5 Å². The van der Waals surface area contributed by atoms with E-state index in [0.717, 1.165) is 0 Å². The highest BCUT2D eigenvalue weighted by Gasteiger charge is 2.25. The van der Waals surface area contributed by atoms with Crippen molar-refractivity contribution < 1.29 is 19.3 Å². The van der Waals surface area contributed by atoms with E-state index in [1.807, 2.05) is 6.92 Å². The number of aryl methyl sites for hydroxylation is 2. The molecule has 0 aliphatic heterocycles. The van der Waals surface area contributed by atoms with E-state index in [9.17, 15) is 14.3 Å². The molecule has 0 aliphatic rings. The summed E-state index contributed by atoms with van der Waals surface area (Å²) in [5, 5.41) is 19.8. The van der Waals surface area contributed by atoms with Crippen molar-refractivity contribution in [3.8, 4) is 22.6 Å². The molecule has 0 radical (unpaired) electrons. The topological polar surface area (TPSA) is 97.5 Å². The Morgan fingerprint density at radius 1 is 1.23 bits per heavy atom. The van der Waals surface area contributed by atoms with Gasteiger partial charge in [-0.2, -0.15) is 0 Å². The fourth-order valence-corrected chi connectivity index (χ4v) is 2.95. The first-order valence-corrected chi connectivity index (χ1v) is 8.10. The van der Waals surface area contributed by atoms with Crippen LogP contribution < -0.4 is 10.3 Å². The van der Waals surface area contributed by atoms with E-state index < -0.39 is 23.9 Å². The highest BCUT2D eigenvalue weighted by molar-refractivity contribution is 5.89. The van der Waals surface area contributed by atoms with E-state index in [2.05, 4.69) is 9.97 Å². The van der Waals surface area contributed by atoms with Crippen LogP contribution in [0.2, 0.25) is 0 Å². The third-order valence-corrected chi connectivity index (χ3v) is 4.06. The molecule has 0 saturated carbocycles. The second-order valence-corrected chi connectivity index (χ2v) is 5.75. The van der Waals surface area contributed by atoms with Crippen molar-refractivity contribution in [2.45, 2.75) is 26.8 Å². The number of nitrogens with zero attached hydrogens (tertiary/aromatic N) is 3. The molecule has 7 nitrogen and oxygen atoms in total. The molecular weight excluding hydrogens is 341 g/mol. The molecule has 2 aromatic heterocycles.